The molecular weight excluding hydrogens is 348 g/mol. The quantitative estimate of drug-likeness (QED) is 0.701. The highest BCUT2D eigenvalue weighted by atomic mass is 16.5. The number of benzene rings is 1. The lowest BCUT2D eigenvalue weighted by atomic mass is 9.87. The topological polar surface area (TPSA) is 90.4 Å². The van der Waals surface area contributed by atoms with Gasteiger partial charge >= 0.3 is 5.97 Å². The van der Waals surface area contributed by atoms with E-state index in [-0.39, 0.29) is 23.3 Å². The first-order valence-corrected chi connectivity index (χ1v) is 8.51. The molecule has 0 amide bonds. The van der Waals surface area contributed by atoms with Crippen molar-refractivity contribution in [3.63, 3.8) is 0 Å². The predicted octanol–water partition coefficient (Wildman–Crippen LogP) is 1.98. The minimum atomic E-state index is -0.667. The van der Waals surface area contributed by atoms with Crippen molar-refractivity contribution in [2.45, 2.75) is 19.3 Å². The van der Waals surface area contributed by atoms with E-state index in [2.05, 4.69) is 4.98 Å². The number of esters is 1. The summed E-state index contributed by atoms with van der Waals surface area (Å²) in [7, 11) is 3.22. The van der Waals surface area contributed by atoms with E-state index in [0.717, 1.165) is 5.39 Å². The van der Waals surface area contributed by atoms with Crippen molar-refractivity contribution in [3.8, 4) is 11.5 Å². The minimum absolute atomic E-state index is 0.0656. The van der Waals surface area contributed by atoms with Crippen LogP contribution in [0.4, 0.5) is 0 Å². The van der Waals surface area contributed by atoms with Gasteiger partial charge in [-0.15, -0.1) is 0 Å². The molecule has 138 valence electrons. The van der Waals surface area contributed by atoms with Gasteiger partial charge in [-0.25, -0.2) is 0 Å². The van der Waals surface area contributed by atoms with Crippen molar-refractivity contribution in [1.29, 1.82) is 0 Å². The Kier molecular flexibility index (Phi) is 3.87. The second-order valence-corrected chi connectivity index (χ2v) is 6.67. The van der Waals surface area contributed by atoms with Crippen LogP contribution >= 0.6 is 0 Å². The first-order chi connectivity index (χ1) is 12.9. The van der Waals surface area contributed by atoms with Crippen LogP contribution < -0.4 is 20.6 Å². The summed E-state index contributed by atoms with van der Waals surface area (Å²) in [5, 5.41) is 0.758. The highest BCUT2D eigenvalue weighted by Crippen LogP contribution is 2.36. The Hall–Kier alpha value is -3.35. The normalized spacial score (nSPS) is 16.1. The Labute approximate surface area is 154 Å². The van der Waals surface area contributed by atoms with E-state index in [4.69, 9.17) is 9.47 Å². The fourth-order valence-electron chi connectivity index (χ4n) is 3.50. The van der Waals surface area contributed by atoms with Crippen LogP contribution in [-0.4, -0.2) is 22.6 Å². The zero-order valence-electron chi connectivity index (χ0n) is 15.2. The van der Waals surface area contributed by atoms with E-state index >= 15 is 0 Å². The molecule has 0 aliphatic carbocycles. The Morgan fingerprint density at radius 1 is 1.19 bits per heavy atom. The summed E-state index contributed by atoms with van der Waals surface area (Å²) < 4.78 is 12.0. The molecule has 2 aromatic heterocycles. The van der Waals surface area contributed by atoms with Gasteiger partial charge in [0.05, 0.1) is 19.1 Å². The van der Waals surface area contributed by atoms with Crippen molar-refractivity contribution < 1.29 is 14.3 Å². The van der Waals surface area contributed by atoms with Crippen molar-refractivity contribution in [1.82, 2.24) is 9.55 Å². The number of aryl methyl sites for hydroxylation is 1. The summed E-state index contributed by atoms with van der Waals surface area (Å²) in [6.07, 6.45) is -0.0656. The molecule has 7 nitrogen and oxygen atoms in total. The van der Waals surface area contributed by atoms with Crippen LogP contribution in [-0.2, 0) is 11.8 Å². The van der Waals surface area contributed by atoms with E-state index in [1.165, 1.54) is 4.57 Å². The molecule has 1 N–H and O–H groups in total. The molecule has 0 radical (unpaired) electrons. The SMILES string of the molecule is COc1ccc2[nH]c(=O)c([C@H]3CC(=O)Oc4cc(C)n(C)c(=O)c43)cc2c1. The number of ether oxygens (including phenoxy) is 2. The molecule has 4 rings (SSSR count). The number of nitrogens with one attached hydrogen (secondary N) is 1. The monoisotopic (exact) mass is 366 g/mol. The summed E-state index contributed by atoms with van der Waals surface area (Å²) >= 11 is 0. The number of nitrogens with zero attached hydrogens (tertiary/aromatic N) is 1. The lowest BCUT2D eigenvalue weighted by Crippen LogP contribution is -2.34. The highest BCUT2D eigenvalue weighted by Gasteiger charge is 2.33. The summed E-state index contributed by atoms with van der Waals surface area (Å²) in [6, 6.07) is 8.67. The summed E-state index contributed by atoms with van der Waals surface area (Å²) in [4.78, 5) is 40.5. The van der Waals surface area contributed by atoms with Crippen LogP contribution in [0.1, 0.15) is 29.2 Å². The lowest BCUT2D eigenvalue weighted by molar-refractivity contribution is -0.135. The minimum Gasteiger partial charge on any atom is -0.497 e. The van der Waals surface area contributed by atoms with Crippen molar-refractivity contribution >= 4 is 16.9 Å². The molecule has 0 saturated carbocycles. The molecular formula is C20H18N2O5. The first-order valence-electron chi connectivity index (χ1n) is 8.51. The molecule has 1 aromatic carbocycles. The number of aromatic amines is 1. The molecule has 3 aromatic rings. The number of aromatic nitrogens is 2. The van der Waals surface area contributed by atoms with Gasteiger partial charge < -0.3 is 19.0 Å². The molecule has 0 saturated heterocycles. The Morgan fingerprint density at radius 3 is 2.70 bits per heavy atom. The summed E-state index contributed by atoms with van der Waals surface area (Å²) in [5.41, 5.74) is 1.41. The summed E-state index contributed by atoms with van der Waals surface area (Å²) in [5.74, 6) is -0.261. The van der Waals surface area contributed by atoms with Crippen molar-refractivity contribution in [3.05, 3.63) is 67.9 Å². The van der Waals surface area contributed by atoms with Gasteiger partial charge in [-0.1, -0.05) is 0 Å². The molecule has 1 aliphatic heterocycles. The maximum Gasteiger partial charge on any atom is 0.312 e. The van der Waals surface area contributed by atoms with E-state index in [9.17, 15) is 14.4 Å². The maximum absolute atomic E-state index is 12.8. The van der Waals surface area contributed by atoms with Gasteiger partial charge in [0.1, 0.15) is 11.5 Å². The summed E-state index contributed by atoms with van der Waals surface area (Å²) in [6.45, 7) is 1.76. The molecule has 1 atom stereocenters. The van der Waals surface area contributed by atoms with E-state index in [1.54, 1.807) is 51.4 Å². The average Bonchev–Trinajstić information content (AvgIpc) is 2.64. The molecule has 0 fully saturated rings. The second-order valence-electron chi connectivity index (χ2n) is 6.67. The molecule has 1 aliphatic rings. The smallest absolute Gasteiger partial charge is 0.312 e. The number of methoxy groups -OCH3 is 1. The molecule has 0 unspecified atom stereocenters. The van der Waals surface area contributed by atoms with Crippen LogP contribution in [0.2, 0.25) is 0 Å². The third kappa shape index (κ3) is 2.71. The number of carbonyl (C=O) groups is 1. The fraction of sp³-hybridized carbons (Fsp3) is 0.250. The van der Waals surface area contributed by atoms with Crippen LogP contribution in [0.3, 0.4) is 0 Å². The number of carbonyl (C=O) groups excluding carboxylic acids is 1. The number of fused-ring (bicyclic) bond motifs is 2. The van der Waals surface area contributed by atoms with Gasteiger partial charge in [0.25, 0.3) is 11.1 Å². The third-order valence-corrected chi connectivity index (χ3v) is 5.07. The second kappa shape index (κ2) is 6.12. The van der Waals surface area contributed by atoms with E-state index < -0.39 is 11.9 Å². The molecule has 0 bridgehead atoms. The van der Waals surface area contributed by atoms with E-state index in [1.807, 2.05) is 0 Å². The predicted molar refractivity (Wildman–Crippen MR) is 99.6 cm³/mol. The fourth-order valence-corrected chi connectivity index (χ4v) is 3.50. The molecule has 3 heterocycles. The van der Waals surface area contributed by atoms with Crippen molar-refractivity contribution in [2.75, 3.05) is 7.11 Å². The van der Waals surface area contributed by atoms with Gasteiger partial charge in [-0.05, 0) is 31.2 Å². The van der Waals surface area contributed by atoms with Crippen molar-refractivity contribution in [2.24, 2.45) is 7.05 Å². The Morgan fingerprint density at radius 2 is 1.96 bits per heavy atom. The average molecular weight is 366 g/mol. The van der Waals surface area contributed by atoms with Crippen LogP contribution in [0.5, 0.6) is 11.5 Å². The standard InChI is InChI=1S/C20H18N2O5/c1-10-6-16-18(20(25)22(10)2)13(9-17(23)27-16)14-8-11-7-12(26-3)4-5-15(11)21-19(14)24/h4-8,13H,9H2,1-3H3,(H,21,24)/t13-/m1/s1. The first kappa shape index (κ1) is 17.1. The van der Waals surface area contributed by atoms with E-state index in [0.29, 0.717) is 28.1 Å². The number of hydrogen-bond donors (Lipinski definition) is 1. The lowest BCUT2D eigenvalue weighted by Gasteiger charge is -2.25. The van der Waals surface area contributed by atoms with Crippen LogP contribution in [0.15, 0.2) is 39.9 Å². The number of hydrogen-bond acceptors (Lipinski definition) is 5. The van der Waals surface area contributed by atoms with Gasteiger partial charge in [-0.2, -0.15) is 0 Å². The van der Waals surface area contributed by atoms with Gasteiger partial charge in [0, 0.05) is 41.2 Å². The number of pyridine rings is 2. The number of H-pyrrole nitrogens is 1. The molecule has 27 heavy (non-hydrogen) atoms. The molecule has 0 spiro atoms. The van der Waals surface area contributed by atoms with Gasteiger partial charge in [-0.3, -0.25) is 14.4 Å². The van der Waals surface area contributed by atoms with Gasteiger partial charge in [0.15, 0.2) is 0 Å². The third-order valence-electron chi connectivity index (χ3n) is 5.07. The number of rotatable bonds is 2. The Bertz CT molecular complexity index is 1210. The largest absolute Gasteiger partial charge is 0.497 e. The zero-order chi connectivity index (χ0) is 19.3. The van der Waals surface area contributed by atoms with Gasteiger partial charge in [0.2, 0.25) is 0 Å². The maximum atomic E-state index is 12.8. The Balaban J connectivity index is 1.98. The van der Waals surface area contributed by atoms with Crippen LogP contribution in [0, 0.1) is 6.92 Å². The van der Waals surface area contributed by atoms with Crippen LogP contribution in [0.25, 0.3) is 10.9 Å². The zero-order valence-corrected chi connectivity index (χ0v) is 15.2. The molecule has 7 heteroatoms. The highest BCUT2D eigenvalue weighted by molar-refractivity contribution is 5.82.